The highest BCUT2D eigenvalue weighted by molar-refractivity contribution is 6.31. The van der Waals surface area contributed by atoms with Crippen LogP contribution >= 0.6 is 23.2 Å². The zero-order valence-corrected chi connectivity index (χ0v) is 18.9. The van der Waals surface area contributed by atoms with Gasteiger partial charge in [-0.25, -0.2) is 0 Å². The molecular formula is C23H26Cl2N2O4. The minimum atomic E-state index is -0.666. The fraction of sp³-hybridized carbons (Fsp3) is 0.435. The minimum absolute atomic E-state index is 0.116. The van der Waals surface area contributed by atoms with Crippen LogP contribution in [0.25, 0.3) is 0 Å². The largest absolute Gasteiger partial charge is 0.489 e. The number of halogens is 2. The minimum Gasteiger partial charge on any atom is -0.489 e. The summed E-state index contributed by atoms with van der Waals surface area (Å²) in [6, 6.07) is 11.0. The van der Waals surface area contributed by atoms with Gasteiger partial charge in [-0.15, -0.1) is 0 Å². The van der Waals surface area contributed by atoms with Crippen molar-refractivity contribution in [3.8, 4) is 5.75 Å². The van der Waals surface area contributed by atoms with Crippen LogP contribution in [0, 0.1) is 0 Å². The Morgan fingerprint density at radius 3 is 2.68 bits per heavy atom. The Kier molecular flexibility index (Phi) is 6.74. The quantitative estimate of drug-likeness (QED) is 0.669. The van der Waals surface area contributed by atoms with Gasteiger partial charge in [-0.1, -0.05) is 29.3 Å². The monoisotopic (exact) mass is 464 g/mol. The molecule has 0 aromatic heterocycles. The first-order valence-electron chi connectivity index (χ1n) is 10.4. The maximum Gasteiger partial charge on any atom is 0.221 e. The number of piperidine rings is 1. The van der Waals surface area contributed by atoms with Crippen molar-refractivity contribution in [2.75, 3.05) is 31.6 Å². The average Bonchev–Trinajstić information content (AvgIpc) is 3.06. The van der Waals surface area contributed by atoms with Gasteiger partial charge in [-0.2, -0.15) is 0 Å². The predicted molar refractivity (Wildman–Crippen MR) is 121 cm³/mol. The molecule has 1 fully saturated rings. The Balaban J connectivity index is 1.30. The molecule has 1 amide bonds. The summed E-state index contributed by atoms with van der Waals surface area (Å²) in [4.78, 5) is 13.6. The molecule has 2 heterocycles. The van der Waals surface area contributed by atoms with Gasteiger partial charge in [0.25, 0.3) is 0 Å². The van der Waals surface area contributed by atoms with E-state index in [9.17, 15) is 9.90 Å². The fourth-order valence-electron chi connectivity index (χ4n) is 4.35. The number of hydrogen-bond donors (Lipinski definition) is 2. The lowest BCUT2D eigenvalue weighted by Crippen LogP contribution is -2.46. The standard InChI is InChI=1S/C23H26Cl2N2O4/c1-15(28)26-21-11-18(25)4-5-22(21)30-14-19(29)12-27-8-6-23(7-9-27)20-10-17(24)3-2-16(20)13-31-23/h2-5,10-11,19,29H,6-9,12-14H2,1H3,(H,26,28)/t19-/m0/s1. The molecule has 2 aliphatic rings. The molecule has 0 aliphatic carbocycles. The van der Waals surface area contributed by atoms with Crippen molar-refractivity contribution in [2.24, 2.45) is 0 Å². The second kappa shape index (κ2) is 9.35. The van der Waals surface area contributed by atoms with Crippen molar-refractivity contribution in [2.45, 2.75) is 38.1 Å². The molecule has 0 unspecified atom stereocenters. The highest BCUT2D eigenvalue weighted by atomic mass is 35.5. The lowest BCUT2D eigenvalue weighted by atomic mass is 9.84. The third-order valence-electron chi connectivity index (χ3n) is 5.88. The van der Waals surface area contributed by atoms with Gasteiger partial charge in [0.2, 0.25) is 5.91 Å². The lowest BCUT2D eigenvalue weighted by molar-refractivity contribution is -0.114. The molecule has 2 aromatic rings. The van der Waals surface area contributed by atoms with Crippen LogP contribution in [0.4, 0.5) is 5.69 Å². The number of likely N-dealkylation sites (tertiary alicyclic amines) is 1. The first-order chi connectivity index (χ1) is 14.8. The zero-order valence-electron chi connectivity index (χ0n) is 17.4. The number of aliphatic hydroxyl groups excluding tert-OH is 1. The topological polar surface area (TPSA) is 71.0 Å². The van der Waals surface area contributed by atoms with E-state index in [-0.39, 0.29) is 18.1 Å². The van der Waals surface area contributed by atoms with Gasteiger partial charge in [-0.3, -0.25) is 4.79 Å². The number of nitrogens with one attached hydrogen (secondary N) is 1. The van der Waals surface area contributed by atoms with Crippen LogP contribution in [0.15, 0.2) is 36.4 Å². The Hall–Kier alpha value is -1.83. The van der Waals surface area contributed by atoms with E-state index in [1.165, 1.54) is 18.1 Å². The summed E-state index contributed by atoms with van der Waals surface area (Å²) in [5.41, 5.74) is 2.64. The molecule has 6 nitrogen and oxygen atoms in total. The molecular weight excluding hydrogens is 439 g/mol. The molecule has 2 aliphatic heterocycles. The number of amides is 1. The number of benzene rings is 2. The van der Waals surface area contributed by atoms with Crippen molar-refractivity contribution in [3.05, 3.63) is 57.6 Å². The molecule has 8 heteroatoms. The van der Waals surface area contributed by atoms with Gasteiger partial charge >= 0.3 is 0 Å². The fourth-order valence-corrected chi connectivity index (χ4v) is 4.70. The van der Waals surface area contributed by atoms with Crippen LogP contribution in [0.3, 0.4) is 0 Å². The third-order valence-corrected chi connectivity index (χ3v) is 6.35. The molecule has 1 spiro atoms. The summed E-state index contributed by atoms with van der Waals surface area (Å²) in [6.07, 6.45) is 1.05. The Labute approximate surface area is 192 Å². The number of fused-ring (bicyclic) bond motifs is 2. The van der Waals surface area contributed by atoms with Gasteiger partial charge < -0.3 is 24.8 Å². The maximum atomic E-state index is 11.4. The molecule has 0 bridgehead atoms. The lowest BCUT2D eigenvalue weighted by Gasteiger charge is -2.39. The van der Waals surface area contributed by atoms with E-state index in [0.29, 0.717) is 29.6 Å². The van der Waals surface area contributed by atoms with E-state index < -0.39 is 6.10 Å². The van der Waals surface area contributed by atoms with Gasteiger partial charge in [0.15, 0.2) is 0 Å². The van der Waals surface area contributed by atoms with Crippen molar-refractivity contribution >= 4 is 34.8 Å². The summed E-state index contributed by atoms with van der Waals surface area (Å²) in [7, 11) is 0. The molecule has 31 heavy (non-hydrogen) atoms. The Bertz CT molecular complexity index is 961. The van der Waals surface area contributed by atoms with E-state index in [0.717, 1.165) is 31.0 Å². The summed E-state index contributed by atoms with van der Waals surface area (Å²) < 4.78 is 12.0. The Morgan fingerprint density at radius 2 is 1.94 bits per heavy atom. The summed E-state index contributed by atoms with van der Waals surface area (Å²) in [5.74, 6) is 0.260. The molecule has 166 valence electrons. The van der Waals surface area contributed by atoms with Gasteiger partial charge in [-0.05, 0) is 54.3 Å². The number of β-amino-alcohol motifs (C(OH)–C–C–N with tert-alkyl or cyclic N) is 1. The highest BCUT2D eigenvalue weighted by Gasteiger charge is 2.42. The predicted octanol–water partition coefficient (Wildman–Crippen LogP) is 4.21. The molecule has 0 radical (unpaired) electrons. The van der Waals surface area contributed by atoms with Gasteiger partial charge in [0.05, 0.1) is 17.9 Å². The number of ether oxygens (including phenoxy) is 2. The summed E-state index contributed by atoms with van der Waals surface area (Å²) >= 11 is 12.2. The molecule has 2 N–H and O–H groups in total. The maximum absolute atomic E-state index is 11.4. The van der Waals surface area contributed by atoms with E-state index in [1.807, 2.05) is 18.2 Å². The molecule has 0 saturated carbocycles. The SMILES string of the molecule is CC(=O)Nc1cc(Cl)ccc1OC[C@@H](O)CN1CCC2(CC1)OCc1ccc(Cl)cc12. The van der Waals surface area contributed by atoms with Crippen LogP contribution in [0.5, 0.6) is 5.75 Å². The van der Waals surface area contributed by atoms with Crippen molar-refractivity contribution < 1.29 is 19.4 Å². The molecule has 2 aromatic carbocycles. The first kappa shape index (κ1) is 22.4. The van der Waals surface area contributed by atoms with Crippen LogP contribution in [0.1, 0.15) is 30.9 Å². The van der Waals surface area contributed by atoms with Crippen LogP contribution in [-0.2, 0) is 21.7 Å². The smallest absolute Gasteiger partial charge is 0.221 e. The number of aliphatic hydroxyl groups is 1. The molecule has 4 rings (SSSR count). The Morgan fingerprint density at radius 1 is 1.23 bits per heavy atom. The number of hydrogen-bond acceptors (Lipinski definition) is 5. The van der Waals surface area contributed by atoms with Crippen molar-refractivity contribution in [1.29, 1.82) is 0 Å². The normalized spacial score (nSPS) is 18.6. The van der Waals surface area contributed by atoms with Gasteiger partial charge in [0, 0.05) is 36.6 Å². The van der Waals surface area contributed by atoms with Crippen molar-refractivity contribution in [1.82, 2.24) is 4.90 Å². The average molecular weight is 465 g/mol. The zero-order chi connectivity index (χ0) is 22.0. The number of carbonyl (C=O) groups excluding carboxylic acids is 1. The van der Waals surface area contributed by atoms with Crippen LogP contribution < -0.4 is 10.1 Å². The summed E-state index contributed by atoms with van der Waals surface area (Å²) in [5, 5.41) is 14.4. The third kappa shape index (κ3) is 5.16. The second-order valence-electron chi connectivity index (χ2n) is 8.17. The van der Waals surface area contributed by atoms with E-state index in [4.69, 9.17) is 32.7 Å². The van der Waals surface area contributed by atoms with Gasteiger partial charge in [0.1, 0.15) is 18.5 Å². The van der Waals surface area contributed by atoms with Crippen molar-refractivity contribution in [3.63, 3.8) is 0 Å². The van der Waals surface area contributed by atoms with E-state index in [2.05, 4.69) is 10.2 Å². The second-order valence-corrected chi connectivity index (χ2v) is 9.04. The molecule has 1 atom stereocenters. The number of anilines is 1. The number of carbonyl (C=O) groups is 1. The number of nitrogens with zero attached hydrogens (tertiary/aromatic N) is 1. The number of rotatable bonds is 6. The van der Waals surface area contributed by atoms with Crippen LogP contribution in [-0.4, -0.2) is 48.3 Å². The molecule has 1 saturated heterocycles. The van der Waals surface area contributed by atoms with Crippen LogP contribution in [0.2, 0.25) is 10.0 Å². The summed E-state index contributed by atoms with van der Waals surface area (Å²) in [6.45, 7) is 4.30. The first-order valence-corrected chi connectivity index (χ1v) is 11.1. The highest BCUT2D eigenvalue weighted by Crippen LogP contribution is 2.45. The van der Waals surface area contributed by atoms with E-state index in [1.54, 1.807) is 18.2 Å². The van der Waals surface area contributed by atoms with E-state index >= 15 is 0 Å².